The number of hydrogen-bond donors (Lipinski definition) is 2. The Morgan fingerprint density at radius 1 is 1.58 bits per heavy atom. The molecule has 1 aliphatic rings. The van der Waals surface area contributed by atoms with E-state index in [-0.39, 0.29) is 11.9 Å². The summed E-state index contributed by atoms with van der Waals surface area (Å²) in [6.45, 7) is 3.22. The van der Waals surface area contributed by atoms with Gasteiger partial charge in [-0.25, -0.2) is 0 Å². The minimum atomic E-state index is 0.0113. The molecular weight excluding hydrogens is 326 g/mol. The molecule has 1 aliphatic heterocycles. The standard InChI is InChI=1S/C13H16BrN3OS/c1-8(18)16-10-4-5-17(7-10)12-3-2-9(14)6-11(12)13(15)19/h2-3,6,10H,4-5,7H2,1H3,(H2,15,19)(H,16,18). The van der Waals surface area contributed by atoms with Crippen molar-refractivity contribution in [3.63, 3.8) is 0 Å². The normalized spacial score (nSPS) is 18.4. The van der Waals surface area contributed by atoms with Gasteiger partial charge in [-0.3, -0.25) is 4.79 Å². The van der Waals surface area contributed by atoms with E-state index >= 15 is 0 Å². The van der Waals surface area contributed by atoms with Crippen LogP contribution in [0, 0.1) is 0 Å². The summed E-state index contributed by atoms with van der Waals surface area (Å²) in [6.07, 6.45) is 0.937. The van der Waals surface area contributed by atoms with E-state index in [1.807, 2.05) is 18.2 Å². The number of nitrogens with two attached hydrogens (primary N) is 1. The van der Waals surface area contributed by atoms with E-state index < -0.39 is 0 Å². The minimum Gasteiger partial charge on any atom is -0.389 e. The van der Waals surface area contributed by atoms with Crippen LogP contribution >= 0.6 is 28.1 Å². The van der Waals surface area contributed by atoms with Crippen molar-refractivity contribution in [3.05, 3.63) is 28.2 Å². The third-order valence-electron chi connectivity index (χ3n) is 3.16. The van der Waals surface area contributed by atoms with Crippen LogP contribution < -0.4 is 16.0 Å². The zero-order valence-electron chi connectivity index (χ0n) is 10.6. The lowest BCUT2D eigenvalue weighted by Crippen LogP contribution is -2.35. The lowest BCUT2D eigenvalue weighted by atomic mass is 10.1. The summed E-state index contributed by atoms with van der Waals surface area (Å²) in [6, 6.07) is 6.11. The zero-order chi connectivity index (χ0) is 14.0. The SMILES string of the molecule is CC(=O)NC1CCN(c2ccc(Br)cc2C(N)=S)C1. The molecule has 0 aromatic heterocycles. The summed E-state index contributed by atoms with van der Waals surface area (Å²) in [5, 5.41) is 2.95. The number of halogens is 1. The Balaban J connectivity index is 2.19. The van der Waals surface area contributed by atoms with Gasteiger partial charge in [0, 0.05) is 41.8 Å². The van der Waals surface area contributed by atoms with Gasteiger partial charge in [-0.15, -0.1) is 0 Å². The van der Waals surface area contributed by atoms with Crippen molar-refractivity contribution in [1.29, 1.82) is 0 Å². The molecule has 6 heteroatoms. The molecule has 3 N–H and O–H groups in total. The zero-order valence-corrected chi connectivity index (χ0v) is 13.1. The molecule has 1 aromatic carbocycles. The van der Waals surface area contributed by atoms with Crippen molar-refractivity contribution in [3.8, 4) is 0 Å². The lowest BCUT2D eigenvalue weighted by molar-refractivity contribution is -0.119. The first-order chi connectivity index (χ1) is 8.97. The van der Waals surface area contributed by atoms with E-state index in [0.717, 1.165) is 35.2 Å². The van der Waals surface area contributed by atoms with Crippen molar-refractivity contribution in [2.75, 3.05) is 18.0 Å². The Morgan fingerprint density at radius 2 is 2.32 bits per heavy atom. The number of carbonyl (C=O) groups is 1. The number of carbonyl (C=O) groups excluding carboxylic acids is 1. The van der Waals surface area contributed by atoms with E-state index in [1.54, 1.807) is 6.92 Å². The van der Waals surface area contributed by atoms with Gasteiger partial charge in [0.25, 0.3) is 0 Å². The second-order valence-electron chi connectivity index (χ2n) is 4.66. The van der Waals surface area contributed by atoms with E-state index in [0.29, 0.717) is 4.99 Å². The second-order valence-corrected chi connectivity index (χ2v) is 6.01. The number of hydrogen-bond acceptors (Lipinski definition) is 3. The predicted molar refractivity (Wildman–Crippen MR) is 84.5 cm³/mol. The fourth-order valence-electron chi connectivity index (χ4n) is 2.37. The number of nitrogens with zero attached hydrogens (tertiary/aromatic N) is 1. The number of rotatable bonds is 3. The van der Waals surface area contributed by atoms with Crippen LogP contribution in [0.3, 0.4) is 0 Å². The number of nitrogens with one attached hydrogen (secondary N) is 1. The van der Waals surface area contributed by atoms with Crippen LogP contribution in [0.15, 0.2) is 22.7 Å². The number of thiocarbonyl (C=S) groups is 1. The van der Waals surface area contributed by atoms with E-state index in [4.69, 9.17) is 18.0 Å². The quantitative estimate of drug-likeness (QED) is 0.823. The van der Waals surface area contributed by atoms with Gasteiger partial charge < -0.3 is 16.0 Å². The first kappa shape index (κ1) is 14.3. The molecule has 0 bridgehead atoms. The average Bonchev–Trinajstić information content (AvgIpc) is 2.76. The summed E-state index contributed by atoms with van der Waals surface area (Å²) >= 11 is 8.53. The van der Waals surface area contributed by atoms with Crippen LogP contribution in [0.2, 0.25) is 0 Å². The summed E-state index contributed by atoms with van der Waals surface area (Å²) in [5.74, 6) is 0.0113. The molecule has 1 fully saturated rings. The maximum atomic E-state index is 11.1. The Morgan fingerprint density at radius 3 is 2.95 bits per heavy atom. The van der Waals surface area contributed by atoms with Crippen molar-refractivity contribution in [2.24, 2.45) is 5.73 Å². The highest BCUT2D eigenvalue weighted by Gasteiger charge is 2.25. The van der Waals surface area contributed by atoms with Crippen molar-refractivity contribution in [1.82, 2.24) is 5.32 Å². The van der Waals surface area contributed by atoms with Crippen LogP contribution in [0.1, 0.15) is 18.9 Å². The Kier molecular flexibility index (Phi) is 4.42. The molecule has 0 radical (unpaired) electrons. The summed E-state index contributed by atoms with van der Waals surface area (Å²) in [5.41, 5.74) is 7.68. The Labute approximate surface area is 126 Å². The number of benzene rings is 1. The molecule has 102 valence electrons. The van der Waals surface area contributed by atoms with Gasteiger partial charge in [-0.1, -0.05) is 28.1 Å². The topological polar surface area (TPSA) is 58.4 Å². The van der Waals surface area contributed by atoms with Crippen LogP contribution in [0.25, 0.3) is 0 Å². The van der Waals surface area contributed by atoms with Gasteiger partial charge >= 0.3 is 0 Å². The highest BCUT2D eigenvalue weighted by atomic mass is 79.9. The highest BCUT2D eigenvalue weighted by Crippen LogP contribution is 2.27. The fraction of sp³-hybridized carbons (Fsp3) is 0.385. The molecular formula is C13H16BrN3OS. The molecule has 1 heterocycles. The van der Waals surface area contributed by atoms with Gasteiger partial charge in [0.1, 0.15) is 4.99 Å². The first-order valence-electron chi connectivity index (χ1n) is 6.09. The van der Waals surface area contributed by atoms with Crippen molar-refractivity contribution >= 4 is 44.7 Å². The number of amides is 1. The molecule has 4 nitrogen and oxygen atoms in total. The smallest absolute Gasteiger partial charge is 0.217 e. The fourth-order valence-corrected chi connectivity index (χ4v) is 2.89. The van der Waals surface area contributed by atoms with E-state index in [1.165, 1.54) is 0 Å². The average molecular weight is 342 g/mol. The molecule has 0 aliphatic carbocycles. The monoisotopic (exact) mass is 341 g/mol. The van der Waals surface area contributed by atoms with Crippen LogP contribution in [0.4, 0.5) is 5.69 Å². The number of anilines is 1. The second kappa shape index (κ2) is 5.88. The first-order valence-corrected chi connectivity index (χ1v) is 7.29. The van der Waals surface area contributed by atoms with E-state index in [2.05, 4.69) is 26.1 Å². The largest absolute Gasteiger partial charge is 0.389 e. The lowest BCUT2D eigenvalue weighted by Gasteiger charge is -2.22. The Bertz CT molecular complexity index is 521. The van der Waals surface area contributed by atoms with Crippen LogP contribution in [-0.4, -0.2) is 30.0 Å². The van der Waals surface area contributed by atoms with Gasteiger partial charge in [-0.2, -0.15) is 0 Å². The molecule has 1 unspecified atom stereocenters. The molecule has 2 rings (SSSR count). The summed E-state index contributed by atoms with van der Waals surface area (Å²) < 4.78 is 0.955. The molecule has 1 aromatic rings. The van der Waals surface area contributed by atoms with Gasteiger partial charge in [0.15, 0.2) is 0 Å². The molecule has 0 spiro atoms. The summed E-state index contributed by atoms with van der Waals surface area (Å²) in [7, 11) is 0. The van der Waals surface area contributed by atoms with Crippen molar-refractivity contribution < 1.29 is 4.79 Å². The highest BCUT2D eigenvalue weighted by molar-refractivity contribution is 9.10. The molecule has 1 amide bonds. The molecule has 0 saturated carbocycles. The third-order valence-corrected chi connectivity index (χ3v) is 3.87. The van der Waals surface area contributed by atoms with Crippen LogP contribution in [0.5, 0.6) is 0 Å². The molecule has 19 heavy (non-hydrogen) atoms. The third kappa shape index (κ3) is 3.45. The molecule has 1 saturated heterocycles. The van der Waals surface area contributed by atoms with Gasteiger partial charge in [0.2, 0.25) is 5.91 Å². The summed E-state index contributed by atoms with van der Waals surface area (Å²) in [4.78, 5) is 13.7. The van der Waals surface area contributed by atoms with Crippen LogP contribution in [-0.2, 0) is 4.79 Å². The van der Waals surface area contributed by atoms with Gasteiger partial charge in [-0.05, 0) is 24.6 Å². The maximum Gasteiger partial charge on any atom is 0.217 e. The predicted octanol–water partition coefficient (Wildman–Crippen LogP) is 1.80. The van der Waals surface area contributed by atoms with Gasteiger partial charge in [0.05, 0.1) is 0 Å². The van der Waals surface area contributed by atoms with E-state index in [9.17, 15) is 4.79 Å². The van der Waals surface area contributed by atoms with Crippen molar-refractivity contribution in [2.45, 2.75) is 19.4 Å². The minimum absolute atomic E-state index is 0.0113. The molecule has 1 atom stereocenters. The Hall–Kier alpha value is -1.14. The maximum absolute atomic E-state index is 11.1.